The van der Waals surface area contributed by atoms with Gasteiger partial charge in [-0.3, -0.25) is 4.98 Å². The van der Waals surface area contributed by atoms with Crippen molar-refractivity contribution in [1.29, 1.82) is 0 Å². The van der Waals surface area contributed by atoms with Crippen molar-refractivity contribution in [2.24, 2.45) is 0 Å². The third kappa shape index (κ3) is 3.08. The molecular formula is C9H8F2INO2. The molecule has 0 aromatic carbocycles. The zero-order chi connectivity index (χ0) is 11.4. The quantitative estimate of drug-likeness (QED) is 0.633. The molecule has 0 fully saturated rings. The predicted molar refractivity (Wildman–Crippen MR) is 57.9 cm³/mol. The first kappa shape index (κ1) is 12.3. The molecule has 0 amide bonds. The van der Waals surface area contributed by atoms with Crippen LogP contribution in [0.25, 0.3) is 0 Å². The molecule has 0 N–H and O–H groups in total. The van der Waals surface area contributed by atoms with Crippen molar-refractivity contribution in [2.45, 2.75) is 13.3 Å². The minimum Gasteiger partial charge on any atom is -0.462 e. The Bertz CT molecular complexity index is 371. The van der Waals surface area contributed by atoms with Crippen LogP contribution in [0.5, 0.6) is 0 Å². The maximum atomic E-state index is 12.3. The monoisotopic (exact) mass is 327 g/mol. The van der Waals surface area contributed by atoms with E-state index in [0.717, 1.165) is 6.07 Å². The lowest BCUT2D eigenvalue weighted by Crippen LogP contribution is -2.08. The summed E-state index contributed by atoms with van der Waals surface area (Å²) in [6, 6.07) is 1.06. The summed E-state index contributed by atoms with van der Waals surface area (Å²) in [7, 11) is 0. The molecule has 0 unspecified atom stereocenters. The largest absolute Gasteiger partial charge is 0.462 e. The molecule has 0 saturated heterocycles. The molecule has 1 heterocycles. The van der Waals surface area contributed by atoms with Crippen LogP contribution >= 0.6 is 22.6 Å². The van der Waals surface area contributed by atoms with Crippen molar-refractivity contribution in [2.75, 3.05) is 6.61 Å². The lowest BCUT2D eigenvalue weighted by atomic mass is 10.2. The average molecular weight is 327 g/mol. The summed E-state index contributed by atoms with van der Waals surface area (Å²) in [6.07, 6.45) is -1.45. The van der Waals surface area contributed by atoms with Gasteiger partial charge in [0.05, 0.1) is 12.2 Å². The number of carbonyl (C=O) groups excluding carboxylic acids is 1. The van der Waals surface area contributed by atoms with Crippen LogP contribution in [0.3, 0.4) is 0 Å². The van der Waals surface area contributed by atoms with Crippen molar-refractivity contribution in [3.63, 3.8) is 0 Å². The highest BCUT2D eigenvalue weighted by Gasteiger charge is 2.16. The van der Waals surface area contributed by atoms with E-state index >= 15 is 0 Å². The lowest BCUT2D eigenvalue weighted by Gasteiger charge is -2.05. The molecule has 1 aromatic heterocycles. The fraction of sp³-hybridized carbons (Fsp3) is 0.333. The van der Waals surface area contributed by atoms with Gasteiger partial charge in [0.15, 0.2) is 0 Å². The zero-order valence-corrected chi connectivity index (χ0v) is 9.99. The van der Waals surface area contributed by atoms with Crippen molar-refractivity contribution >= 4 is 28.6 Å². The summed E-state index contributed by atoms with van der Waals surface area (Å²) in [5.74, 6) is -0.605. The number of hydrogen-bond acceptors (Lipinski definition) is 3. The summed E-state index contributed by atoms with van der Waals surface area (Å²) in [4.78, 5) is 14.9. The maximum absolute atomic E-state index is 12.3. The van der Waals surface area contributed by atoms with Crippen LogP contribution in [0.1, 0.15) is 29.4 Å². The molecule has 1 rings (SSSR count). The molecule has 0 aliphatic heterocycles. The number of pyridine rings is 1. The molecule has 15 heavy (non-hydrogen) atoms. The number of aromatic nitrogens is 1. The standard InChI is InChI=1S/C9H8F2INO2/c1-2-15-9(14)5-3-7(8(10)11)13-4-6(5)12/h3-4,8H,2H2,1H3. The fourth-order valence-corrected chi connectivity index (χ4v) is 1.45. The number of carbonyl (C=O) groups is 1. The van der Waals surface area contributed by atoms with E-state index in [0.29, 0.717) is 3.57 Å². The Morgan fingerprint density at radius 3 is 2.87 bits per heavy atom. The summed E-state index contributed by atoms with van der Waals surface area (Å²) in [5.41, 5.74) is -0.291. The topological polar surface area (TPSA) is 39.2 Å². The molecule has 0 aliphatic rings. The van der Waals surface area contributed by atoms with Gasteiger partial charge in [-0.25, -0.2) is 13.6 Å². The van der Waals surface area contributed by atoms with E-state index in [1.165, 1.54) is 6.20 Å². The number of ether oxygens (including phenoxy) is 1. The molecule has 82 valence electrons. The smallest absolute Gasteiger partial charge is 0.339 e. The van der Waals surface area contributed by atoms with E-state index < -0.39 is 18.1 Å². The third-order valence-electron chi connectivity index (χ3n) is 1.60. The van der Waals surface area contributed by atoms with Crippen molar-refractivity contribution < 1.29 is 18.3 Å². The molecule has 6 heteroatoms. The first-order valence-corrected chi connectivity index (χ1v) is 5.24. The van der Waals surface area contributed by atoms with Gasteiger partial charge in [0.2, 0.25) is 0 Å². The van der Waals surface area contributed by atoms with E-state index in [9.17, 15) is 13.6 Å². The van der Waals surface area contributed by atoms with Crippen LogP contribution < -0.4 is 0 Å². The van der Waals surface area contributed by atoms with Crippen molar-refractivity contribution in [1.82, 2.24) is 4.98 Å². The summed E-state index contributed by atoms with van der Waals surface area (Å²) < 4.78 is 29.8. The molecule has 0 bridgehead atoms. The SMILES string of the molecule is CCOC(=O)c1cc(C(F)F)ncc1I. The number of hydrogen-bond donors (Lipinski definition) is 0. The molecule has 3 nitrogen and oxygen atoms in total. The number of alkyl halides is 2. The van der Waals surface area contributed by atoms with Crippen molar-refractivity contribution in [3.05, 3.63) is 27.1 Å². The lowest BCUT2D eigenvalue weighted by molar-refractivity contribution is 0.0524. The first-order chi connectivity index (χ1) is 7.06. The molecule has 0 atom stereocenters. The third-order valence-corrected chi connectivity index (χ3v) is 2.46. The van der Waals surface area contributed by atoms with E-state index in [1.807, 2.05) is 22.6 Å². The fourth-order valence-electron chi connectivity index (χ4n) is 0.939. The van der Waals surface area contributed by atoms with Crippen LogP contribution in [0.15, 0.2) is 12.3 Å². The van der Waals surface area contributed by atoms with Gasteiger partial charge < -0.3 is 4.74 Å². The van der Waals surface area contributed by atoms with Gasteiger partial charge in [0.1, 0.15) is 5.69 Å². The number of rotatable bonds is 3. The van der Waals surface area contributed by atoms with Crippen LogP contribution in [-0.2, 0) is 4.74 Å². The van der Waals surface area contributed by atoms with Crippen LogP contribution in [0.2, 0.25) is 0 Å². The van der Waals surface area contributed by atoms with Gasteiger partial charge in [-0.05, 0) is 35.6 Å². The Hall–Kier alpha value is -0.790. The highest BCUT2D eigenvalue weighted by atomic mass is 127. The van der Waals surface area contributed by atoms with Crippen LogP contribution in [0, 0.1) is 3.57 Å². The molecular weight excluding hydrogens is 319 g/mol. The highest BCUT2D eigenvalue weighted by molar-refractivity contribution is 14.1. The molecule has 0 radical (unpaired) electrons. The normalized spacial score (nSPS) is 10.5. The second kappa shape index (κ2) is 5.34. The number of nitrogens with zero attached hydrogens (tertiary/aromatic N) is 1. The first-order valence-electron chi connectivity index (χ1n) is 4.17. The minimum absolute atomic E-state index is 0.128. The van der Waals surface area contributed by atoms with Gasteiger partial charge in [-0.2, -0.15) is 0 Å². The minimum atomic E-state index is -2.69. The van der Waals surface area contributed by atoms with Crippen LogP contribution in [-0.4, -0.2) is 17.6 Å². The average Bonchev–Trinajstić information content (AvgIpc) is 2.18. The Kier molecular flexibility index (Phi) is 4.37. The summed E-state index contributed by atoms with van der Waals surface area (Å²) >= 11 is 1.85. The van der Waals surface area contributed by atoms with E-state index in [2.05, 4.69) is 4.98 Å². The Morgan fingerprint density at radius 1 is 1.67 bits per heavy atom. The van der Waals surface area contributed by atoms with E-state index in [4.69, 9.17) is 4.74 Å². The van der Waals surface area contributed by atoms with Gasteiger partial charge >= 0.3 is 5.97 Å². The summed E-state index contributed by atoms with van der Waals surface area (Å²) in [5, 5.41) is 0. The molecule has 0 aliphatic carbocycles. The predicted octanol–water partition coefficient (Wildman–Crippen LogP) is 2.80. The Morgan fingerprint density at radius 2 is 2.33 bits per heavy atom. The Labute approximate surface area is 99.0 Å². The van der Waals surface area contributed by atoms with Gasteiger partial charge in [-0.1, -0.05) is 0 Å². The maximum Gasteiger partial charge on any atom is 0.339 e. The van der Waals surface area contributed by atoms with Gasteiger partial charge in [-0.15, -0.1) is 0 Å². The zero-order valence-electron chi connectivity index (χ0n) is 7.84. The van der Waals surface area contributed by atoms with Crippen molar-refractivity contribution in [3.8, 4) is 0 Å². The molecule has 0 spiro atoms. The summed E-state index contributed by atoms with van der Waals surface area (Å²) in [6.45, 7) is 1.86. The number of esters is 1. The highest BCUT2D eigenvalue weighted by Crippen LogP contribution is 2.20. The van der Waals surface area contributed by atoms with E-state index in [-0.39, 0.29) is 12.2 Å². The van der Waals surface area contributed by atoms with E-state index in [1.54, 1.807) is 6.92 Å². The molecule has 0 saturated carbocycles. The second-order valence-corrected chi connectivity index (χ2v) is 3.77. The van der Waals surface area contributed by atoms with Gasteiger partial charge in [0.25, 0.3) is 6.43 Å². The number of halogens is 3. The molecule has 1 aromatic rings. The van der Waals surface area contributed by atoms with Gasteiger partial charge in [0, 0.05) is 9.77 Å². The van der Waals surface area contributed by atoms with Crippen LogP contribution in [0.4, 0.5) is 8.78 Å². The Balaban J connectivity index is 3.05. The second-order valence-electron chi connectivity index (χ2n) is 2.61.